The average molecular weight is 361 g/mol. The van der Waals surface area contributed by atoms with E-state index in [1.165, 1.54) is 31.9 Å². The Labute approximate surface area is 149 Å². The summed E-state index contributed by atoms with van der Waals surface area (Å²) in [5.41, 5.74) is 0.586. The second kappa shape index (κ2) is 6.70. The summed E-state index contributed by atoms with van der Waals surface area (Å²) in [6.07, 6.45) is 7.50. The number of aromatic amines is 1. The second-order valence-electron chi connectivity index (χ2n) is 7.45. The summed E-state index contributed by atoms with van der Waals surface area (Å²) in [6, 6.07) is 2.00. The van der Waals surface area contributed by atoms with Crippen LogP contribution in [0.15, 0.2) is 18.3 Å². The van der Waals surface area contributed by atoms with Gasteiger partial charge in [0.15, 0.2) is 11.6 Å². The fourth-order valence-corrected chi connectivity index (χ4v) is 4.58. The molecule has 7 heteroatoms. The molecule has 0 aliphatic heterocycles. The molecule has 2 saturated carbocycles. The molecule has 3 atom stereocenters. The number of rotatable bonds is 4. The summed E-state index contributed by atoms with van der Waals surface area (Å²) in [5.74, 6) is -1.22. The maximum Gasteiger partial charge on any atom is 0.313 e. The smallest absolute Gasteiger partial charge is 0.313 e. The van der Waals surface area contributed by atoms with Crippen LogP contribution in [0, 0.1) is 29.4 Å². The molecule has 2 bridgehead atoms. The molecule has 1 heterocycles. The summed E-state index contributed by atoms with van der Waals surface area (Å²) in [4.78, 5) is 26.8. The van der Waals surface area contributed by atoms with Crippen LogP contribution in [-0.2, 0) is 9.59 Å². The monoisotopic (exact) mass is 361 g/mol. The number of hydrogen-bond donors (Lipinski definition) is 3. The van der Waals surface area contributed by atoms with Gasteiger partial charge in [0.05, 0.1) is 11.2 Å². The molecular weight excluding hydrogens is 340 g/mol. The highest BCUT2D eigenvalue weighted by Crippen LogP contribution is 2.49. The summed E-state index contributed by atoms with van der Waals surface area (Å²) in [7, 11) is 0. The first-order chi connectivity index (χ1) is 12.5. The number of carbonyl (C=O) groups excluding carboxylic acids is 2. The molecule has 2 amide bonds. The highest BCUT2D eigenvalue weighted by molar-refractivity contribution is 6.40. The van der Waals surface area contributed by atoms with Gasteiger partial charge in [-0.3, -0.25) is 9.59 Å². The van der Waals surface area contributed by atoms with E-state index < -0.39 is 23.4 Å². The molecule has 3 unspecified atom stereocenters. The van der Waals surface area contributed by atoms with Crippen LogP contribution in [-0.4, -0.2) is 23.3 Å². The van der Waals surface area contributed by atoms with Crippen LogP contribution < -0.4 is 10.6 Å². The Morgan fingerprint density at radius 2 is 1.92 bits per heavy atom. The molecule has 0 radical (unpaired) electrons. The van der Waals surface area contributed by atoms with E-state index in [4.69, 9.17) is 0 Å². The minimum Gasteiger partial charge on any atom is -0.359 e. The highest BCUT2D eigenvalue weighted by Gasteiger charge is 2.38. The fraction of sp³-hybridized carbons (Fsp3) is 0.474. The van der Waals surface area contributed by atoms with Crippen LogP contribution in [0.3, 0.4) is 0 Å². The first kappa shape index (κ1) is 17.0. The van der Waals surface area contributed by atoms with Gasteiger partial charge in [-0.25, -0.2) is 8.78 Å². The minimum atomic E-state index is -1.01. The molecule has 5 nitrogen and oxygen atoms in total. The summed E-state index contributed by atoms with van der Waals surface area (Å²) < 4.78 is 26.6. The Hall–Kier alpha value is -2.44. The first-order valence-corrected chi connectivity index (χ1v) is 9.06. The normalized spacial score (nSPS) is 24.2. The summed E-state index contributed by atoms with van der Waals surface area (Å²) in [6.45, 7) is 0.480. The van der Waals surface area contributed by atoms with E-state index in [0.717, 1.165) is 30.4 Å². The number of hydrogen-bond acceptors (Lipinski definition) is 2. The maximum absolute atomic E-state index is 13.4. The Morgan fingerprint density at radius 3 is 2.65 bits per heavy atom. The number of halogens is 2. The standard InChI is InChI=1S/C19H21F2N3O2/c20-14-7-13-16(8-15(14)21)23-9-17(13)24-19(26)18(25)22-4-3-12-6-10-1-2-11(12)5-10/h7-12,23H,1-6H2,(H,22,25)(H,24,26). The maximum atomic E-state index is 13.4. The van der Waals surface area contributed by atoms with Crippen molar-refractivity contribution in [3.8, 4) is 0 Å². The van der Waals surface area contributed by atoms with E-state index in [2.05, 4.69) is 15.6 Å². The van der Waals surface area contributed by atoms with E-state index >= 15 is 0 Å². The fourth-order valence-electron chi connectivity index (χ4n) is 4.58. The molecule has 138 valence electrons. The molecule has 26 heavy (non-hydrogen) atoms. The Morgan fingerprint density at radius 1 is 1.12 bits per heavy atom. The van der Waals surface area contributed by atoms with Crippen molar-refractivity contribution in [2.75, 3.05) is 11.9 Å². The van der Waals surface area contributed by atoms with Crippen molar-refractivity contribution < 1.29 is 18.4 Å². The van der Waals surface area contributed by atoms with E-state index in [-0.39, 0.29) is 5.69 Å². The highest BCUT2D eigenvalue weighted by atomic mass is 19.2. The lowest BCUT2D eigenvalue weighted by atomic mass is 9.86. The molecule has 0 spiro atoms. The van der Waals surface area contributed by atoms with Crippen LogP contribution in [0.5, 0.6) is 0 Å². The lowest BCUT2D eigenvalue weighted by molar-refractivity contribution is -0.136. The zero-order valence-electron chi connectivity index (χ0n) is 14.3. The largest absolute Gasteiger partial charge is 0.359 e. The molecule has 2 aliphatic carbocycles. The van der Waals surface area contributed by atoms with Gasteiger partial charge in [-0.2, -0.15) is 0 Å². The topological polar surface area (TPSA) is 74.0 Å². The Balaban J connectivity index is 1.31. The Kier molecular flexibility index (Phi) is 4.38. The lowest BCUT2D eigenvalue weighted by Crippen LogP contribution is -2.36. The predicted octanol–water partition coefficient (Wildman–Crippen LogP) is 3.33. The van der Waals surface area contributed by atoms with Crippen molar-refractivity contribution >= 4 is 28.4 Å². The van der Waals surface area contributed by atoms with Crippen molar-refractivity contribution in [1.82, 2.24) is 10.3 Å². The van der Waals surface area contributed by atoms with E-state index in [1.807, 2.05) is 0 Å². The average Bonchev–Trinajstić information content (AvgIpc) is 3.32. The van der Waals surface area contributed by atoms with Gasteiger partial charge in [0.1, 0.15) is 0 Å². The third-order valence-electron chi connectivity index (χ3n) is 5.86. The molecule has 1 aromatic carbocycles. The van der Waals surface area contributed by atoms with Gasteiger partial charge in [0.2, 0.25) is 0 Å². The van der Waals surface area contributed by atoms with Crippen LogP contribution in [0.4, 0.5) is 14.5 Å². The second-order valence-corrected chi connectivity index (χ2v) is 7.45. The van der Waals surface area contributed by atoms with Gasteiger partial charge >= 0.3 is 11.8 Å². The zero-order valence-corrected chi connectivity index (χ0v) is 14.3. The summed E-state index contributed by atoms with van der Waals surface area (Å²) >= 11 is 0. The quantitative estimate of drug-likeness (QED) is 0.731. The van der Waals surface area contributed by atoms with Crippen LogP contribution in [0.1, 0.15) is 32.1 Å². The van der Waals surface area contributed by atoms with Crippen molar-refractivity contribution in [2.45, 2.75) is 32.1 Å². The molecule has 3 N–H and O–H groups in total. The zero-order chi connectivity index (χ0) is 18.3. The number of amides is 2. The minimum absolute atomic E-state index is 0.243. The van der Waals surface area contributed by atoms with Crippen molar-refractivity contribution in [1.29, 1.82) is 0 Å². The lowest BCUT2D eigenvalue weighted by Gasteiger charge is -2.21. The molecule has 0 saturated heterocycles. The summed E-state index contributed by atoms with van der Waals surface area (Å²) in [5, 5.41) is 5.41. The van der Waals surface area contributed by atoms with Gasteiger partial charge in [-0.15, -0.1) is 0 Å². The van der Waals surface area contributed by atoms with E-state index in [1.54, 1.807) is 0 Å². The number of benzene rings is 1. The number of carbonyl (C=O) groups is 2. The van der Waals surface area contributed by atoms with Crippen LogP contribution in [0.25, 0.3) is 10.9 Å². The van der Waals surface area contributed by atoms with Gasteiger partial charge in [0, 0.05) is 24.2 Å². The molecular formula is C19H21F2N3O2. The first-order valence-electron chi connectivity index (χ1n) is 9.06. The Bertz CT molecular complexity index is 864. The number of fused-ring (bicyclic) bond motifs is 3. The van der Waals surface area contributed by atoms with Crippen LogP contribution >= 0.6 is 0 Å². The molecule has 2 aliphatic rings. The number of H-pyrrole nitrogens is 1. The van der Waals surface area contributed by atoms with Gasteiger partial charge in [-0.05, 0) is 49.5 Å². The van der Waals surface area contributed by atoms with Crippen molar-refractivity contribution in [3.63, 3.8) is 0 Å². The molecule has 2 fully saturated rings. The van der Waals surface area contributed by atoms with Gasteiger partial charge in [-0.1, -0.05) is 6.42 Å². The molecule has 4 rings (SSSR count). The third kappa shape index (κ3) is 3.18. The van der Waals surface area contributed by atoms with Crippen molar-refractivity contribution in [2.24, 2.45) is 17.8 Å². The number of aromatic nitrogens is 1. The number of nitrogens with one attached hydrogen (secondary N) is 3. The SMILES string of the molecule is O=C(NCCC1CC2CCC1C2)C(=O)Nc1c[nH]c2cc(F)c(F)cc12. The predicted molar refractivity (Wildman–Crippen MR) is 93.4 cm³/mol. The van der Waals surface area contributed by atoms with Gasteiger partial charge in [0.25, 0.3) is 0 Å². The van der Waals surface area contributed by atoms with Gasteiger partial charge < -0.3 is 15.6 Å². The van der Waals surface area contributed by atoms with Crippen LogP contribution in [0.2, 0.25) is 0 Å². The molecule has 1 aromatic heterocycles. The third-order valence-corrected chi connectivity index (χ3v) is 5.86. The number of anilines is 1. The van der Waals surface area contributed by atoms with E-state index in [0.29, 0.717) is 23.4 Å². The molecule has 2 aromatic rings. The van der Waals surface area contributed by atoms with E-state index in [9.17, 15) is 18.4 Å². The van der Waals surface area contributed by atoms with Crippen molar-refractivity contribution in [3.05, 3.63) is 30.0 Å².